The number of nitrogens with one attached hydrogen (secondary N) is 2. The Bertz CT molecular complexity index is 924. The molecule has 0 fully saturated rings. The first kappa shape index (κ1) is 16.0. The Morgan fingerprint density at radius 1 is 1.08 bits per heavy atom. The van der Waals surface area contributed by atoms with Crippen molar-refractivity contribution < 1.29 is 9.59 Å². The van der Waals surface area contributed by atoms with Crippen molar-refractivity contribution in [2.45, 2.75) is 26.8 Å². The highest BCUT2D eigenvalue weighted by atomic mass is 16.1. The quantitative estimate of drug-likeness (QED) is 0.687. The average molecular weight is 320 g/mol. The summed E-state index contributed by atoms with van der Waals surface area (Å²) in [5, 5.41) is 4.14. The minimum absolute atomic E-state index is 0.00472. The summed E-state index contributed by atoms with van der Waals surface area (Å²) in [5.41, 5.74) is 3.94. The second-order valence-electron chi connectivity index (χ2n) is 6.04. The zero-order chi connectivity index (χ0) is 17.3. The molecule has 4 nitrogen and oxygen atoms in total. The number of benzene rings is 2. The zero-order valence-electron chi connectivity index (χ0n) is 14.0. The highest BCUT2D eigenvalue weighted by Crippen LogP contribution is 2.24. The van der Waals surface area contributed by atoms with Crippen molar-refractivity contribution in [3.63, 3.8) is 0 Å². The molecule has 122 valence electrons. The Morgan fingerprint density at radius 2 is 1.83 bits per heavy atom. The molecule has 0 radical (unpaired) electrons. The number of Topliss-reactive ketones (excluding diaryl/α,β-unsaturated/α-hetero) is 2. The second kappa shape index (κ2) is 6.32. The van der Waals surface area contributed by atoms with Crippen LogP contribution in [0.1, 0.15) is 40.3 Å². The molecule has 1 aromatic heterocycles. The number of hydrogen-bond acceptors (Lipinski definition) is 3. The van der Waals surface area contributed by atoms with Crippen LogP contribution in [0.15, 0.2) is 48.5 Å². The summed E-state index contributed by atoms with van der Waals surface area (Å²) >= 11 is 0. The van der Waals surface area contributed by atoms with Crippen LogP contribution in [0.2, 0.25) is 0 Å². The van der Waals surface area contributed by atoms with Crippen molar-refractivity contribution in [3.8, 4) is 0 Å². The van der Waals surface area contributed by atoms with Gasteiger partial charge in [0.05, 0.1) is 6.04 Å². The maximum atomic E-state index is 12.9. The van der Waals surface area contributed by atoms with Crippen molar-refractivity contribution >= 4 is 28.2 Å². The summed E-state index contributed by atoms with van der Waals surface area (Å²) < 4.78 is 0. The van der Waals surface area contributed by atoms with Gasteiger partial charge in [0.2, 0.25) is 0 Å². The molecule has 0 spiro atoms. The van der Waals surface area contributed by atoms with Crippen molar-refractivity contribution in [1.29, 1.82) is 0 Å². The molecule has 4 heteroatoms. The first-order valence-electron chi connectivity index (χ1n) is 7.96. The van der Waals surface area contributed by atoms with E-state index in [0.29, 0.717) is 11.1 Å². The van der Waals surface area contributed by atoms with E-state index in [-0.39, 0.29) is 11.6 Å². The van der Waals surface area contributed by atoms with Crippen LogP contribution in [0.5, 0.6) is 0 Å². The number of ketones is 2. The molecule has 1 unspecified atom stereocenters. The Kier molecular flexibility index (Phi) is 4.21. The second-order valence-corrected chi connectivity index (χ2v) is 6.04. The van der Waals surface area contributed by atoms with Gasteiger partial charge < -0.3 is 10.3 Å². The van der Waals surface area contributed by atoms with Gasteiger partial charge in [-0.1, -0.05) is 30.3 Å². The molecule has 24 heavy (non-hydrogen) atoms. The van der Waals surface area contributed by atoms with E-state index in [1.165, 1.54) is 6.92 Å². The summed E-state index contributed by atoms with van der Waals surface area (Å²) in [7, 11) is 0. The van der Waals surface area contributed by atoms with E-state index < -0.39 is 6.04 Å². The number of aromatic nitrogens is 1. The molecule has 0 aliphatic carbocycles. The fourth-order valence-corrected chi connectivity index (χ4v) is 2.95. The van der Waals surface area contributed by atoms with Crippen molar-refractivity contribution in [3.05, 3.63) is 65.4 Å². The van der Waals surface area contributed by atoms with Crippen LogP contribution in [0, 0.1) is 6.92 Å². The van der Waals surface area contributed by atoms with Crippen LogP contribution in [0.3, 0.4) is 0 Å². The van der Waals surface area contributed by atoms with Crippen LogP contribution in [-0.2, 0) is 0 Å². The van der Waals surface area contributed by atoms with E-state index in [9.17, 15) is 9.59 Å². The van der Waals surface area contributed by atoms with E-state index in [2.05, 4.69) is 10.3 Å². The molecular weight excluding hydrogens is 300 g/mol. The number of anilines is 1. The number of H-pyrrole nitrogens is 1. The molecule has 3 aromatic rings. The molecule has 3 rings (SSSR count). The standard InChI is InChI=1S/C20H20N2O2/c1-12-19(17-9-4-5-10-18(17)22-12)20(24)13(2)21-16-8-6-7-15(11-16)14(3)23/h4-11,13,21-22H,1-3H3. The van der Waals surface area contributed by atoms with E-state index in [0.717, 1.165) is 22.3 Å². The van der Waals surface area contributed by atoms with Crippen molar-refractivity contribution in [2.75, 3.05) is 5.32 Å². The van der Waals surface area contributed by atoms with Crippen LogP contribution < -0.4 is 5.32 Å². The maximum absolute atomic E-state index is 12.9. The average Bonchev–Trinajstić information content (AvgIpc) is 2.90. The van der Waals surface area contributed by atoms with Crippen LogP contribution >= 0.6 is 0 Å². The highest BCUT2D eigenvalue weighted by molar-refractivity contribution is 6.12. The Hall–Kier alpha value is -2.88. The zero-order valence-corrected chi connectivity index (χ0v) is 14.0. The molecule has 0 saturated carbocycles. The molecule has 1 atom stereocenters. The third-order valence-electron chi connectivity index (χ3n) is 4.19. The van der Waals surface area contributed by atoms with Gasteiger partial charge in [0.1, 0.15) is 0 Å². The predicted octanol–water partition coefficient (Wildman–Crippen LogP) is 4.36. The van der Waals surface area contributed by atoms with Crippen molar-refractivity contribution in [1.82, 2.24) is 4.98 Å². The normalized spacial score (nSPS) is 12.1. The molecular formula is C20H20N2O2. The lowest BCUT2D eigenvalue weighted by molar-refractivity contribution is 0.0975. The molecule has 0 aliphatic rings. The number of fused-ring (bicyclic) bond motifs is 1. The first-order valence-corrected chi connectivity index (χ1v) is 7.96. The number of aromatic amines is 1. The lowest BCUT2D eigenvalue weighted by Crippen LogP contribution is -2.26. The summed E-state index contributed by atoms with van der Waals surface area (Å²) in [5.74, 6) is 0.0308. The van der Waals surface area contributed by atoms with E-state index in [1.807, 2.05) is 50.2 Å². The van der Waals surface area contributed by atoms with Gasteiger partial charge in [-0.15, -0.1) is 0 Å². The molecule has 2 N–H and O–H groups in total. The summed E-state index contributed by atoms with van der Waals surface area (Å²) in [6.45, 7) is 5.28. The third kappa shape index (κ3) is 2.95. The predicted molar refractivity (Wildman–Crippen MR) is 96.9 cm³/mol. The third-order valence-corrected chi connectivity index (χ3v) is 4.19. The minimum atomic E-state index is -0.398. The van der Waals surface area contributed by atoms with Gasteiger partial charge in [-0.05, 0) is 39.0 Å². The lowest BCUT2D eigenvalue weighted by atomic mass is 10.0. The van der Waals surface area contributed by atoms with Gasteiger partial charge in [0.25, 0.3) is 0 Å². The minimum Gasteiger partial charge on any atom is -0.375 e. The number of para-hydroxylation sites is 1. The number of aryl methyl sites for hydroxylation is 1. The van der Waals surface area contributed by atoms with Crippen LogP contribution in [0.25, 0.3) is 10.9 Å². The smallest absolute Gasteiger partial charge is 0.187 e. The van der Waals surface area contributed by atoms with Gasteiger partial charge in [0.15, 0.2) is 11.6 Å². The van der Waals surface area contributed by atoms with Gasteiger partial charge in [-0.25, -0.2) is 0 Å². The molecule has 0 aliphatic heterocycles. The molecule has 2 aromatic carbocycles. The summed E-state index contributed by atoms with van der Waals surface area (Å²) in [6, 6.07) is 14.6. The van der Waals surface area contributed by atoms with Crippen LogP contribution in [-0.4, -0.2) is 22.6 Å². The van der Waals surface area contributed by atoms with E-state index in [4.69, 9.17) is 0 Å². The summed E-state index contributed by atoms with van der Waals surface area (Å²) in [4.78, 5) is 27.7. The molecule has 0 amide bonds. The monoisotopic (exact) mass is 320 g/mol. The highest BCUT2D eigenvalue weighted by Gasteiger charge is 2.21. The molecule has 0 bridgehead atoms. The van der Waals surface area contributed by atoms with E-state index >= 15 is 0 Å². The van der Waals surface area contributed by atoms with Gasteiger partial charge in [-0.2, -0.15) is 0 Å². The Morgan fingerprint density at radius 3 is 2.58 bits per heavy atom. The van der Waals surface area contributed by atoms with Gasteiger partial charge in [0, 0.05) is 33.4 Å². The van der Waals surface area contributed by atoms with Gasteiger partial charge in [-0.3, -0.25) is 9.59 Å². The largest absolute Gasteiger partial charge is 0.375 e. The topological polar surface area (TPSA) is 62.0 Å². The number of rotatable bonds is 5. The Balaban J connectivity index is 1.88. The van der Waals surface area contributed by atoms with E-state index in [1.54, 1.807) is 12.1 Å². The van der Waals surface area contributed by atoms with Crippen molar-refractivity contribution in [2.24, 2.45) is 0 Å². The lowest BCUT2D eigenvalue weighted by Gasteiger charge is -2.15. The molecule has 0 saturated heterocycles. The van der Waals surface area contributed by atoms with Gasteiger partial charge >= 0.3 is 0 Å². The Labute approximate surface area is 140 Å². The maximum Gasteiger partial charge on any atom is 0.187 e. The number of hydrogen-bond donors (Lipinski definition) is 2. The number of carbonyl (C=O) groups excluding carboxylic acids is 2. The number of carbonyl (C=O) groups is 2. The fraction of sp³-hybridized carbons (Fsp3) is 0.200. The first-order chi connectivity index (χ1) is 11.5. The summed E-state index contributed by atoms with van der Waals surface area (Å²) in [6.07, 6.45) is 0. The van der Waals surface area contributed by atoms with Crippen LogP contribution in [0.4, 0.5) is 5.69 Å². The molecule has 1 heterocycles. The fourth-order valence-electron chi connectivity index (χ4n) is 2.95. The SMILES string of the molecule is CC(=O)c1cccc(NC(C)C(=O)c2c(C)[nH]c3ccccc23)c1.